The molecule has 0 heterocycles. The largest absolute Gasteiger partial charge is 0.490 e. The molecule has 0 atom stereocenters. The first-order chi connectivity index (χ1) is 18.9. The van der Waals surface area contributed by atoms with E-state index in [1.54, 1.807) is 43.3 Å². The van der Waals surface area contributed by atoms with Crippen molar-refractivity contribution in [2.24, 2.45) is 0 Å². The van der Waals surface area contributed by atoms with E-state index in [2.05, 4.69) is 19.7 Å². The van der Waals surface area contributed by atoms with Crippen LogP contribution in [0.25, 0.3) is 22.3 Å². The SMILES string of the molecule is C=C(C)C(=O)OCCOc1ccc(-c2ccc(-c3cc(OC(=O)C(=C)C)cc(OC(=O)C(=C)C)c3)cc2F)cc1. The predicted molar refractivity (Wildman–Crippen MR) is 149 cm³/mol. The van der Waals surface area contributed by atoms with Crippen LogP contribution in [0.4, 0.5) is 4.39 Å². The Morgan fingerprint density at radius 1 is 0.625 bits per heavy atom. The number of halogens is 1. The van der Waals surface area contributed by atoms with Gasteiger partial charge in [0.15, 0.2) is 0 Å². The molecule has 0 fully saturated rings. The van der Waals surface area contributed by atoms with Crippen LogP contribution in [0.15, 0.2) is 97.1 Å². The molecule has 3 aromatic carbocycles. The normalized spacial score (nSPS) is 10.3. The number of hydrogen-bond acceptors (Lipinski definition) is 7. The van der Waals surface area contributed by atoms with E-state index in [4.69, 9.17) is 18.9 Å². The van der Waals surface area contributed by atoms with Crippen LogP contribution in [0.2, 0.25) is 0 Å². The summed E-state index contributed by atoms with van der Waals surface area (Å²) in [6.07, 6.45) is 0. The highest BCUT2D eigenvalue weighted by molar-refractivity contribution is 5.90. The molecule has 40 heavy (non-hydrogen) atoms. The standard InChI is InChI=1S/C32H29FO7/c1-19(2)30(34)38-14-13-37-25-10-7-22(8-11-25)28-12-9-23(17-29(28)33)24-15-26(39-31(35)20(3)4)18-27(16-24)40-32(36)21(5)6/h7-12,15-18H,1,3,5,13-14H2,2,4,6H3. The molecule has 0 amide bonds. The topological polar surface area (TPSA) is 88.1 Å². The number of hydrogen-bond donors (Lipinski definition) is 0. The number of carbonyl (C=O) groups excluding carboxylic acids is 3. The third-order valence-corrected chi connectivity index (χ3v) is 5.40. The molecular formula is C32H29FO7. The average Bonchev–Trinajstić information content (AvgIpc) is 2.91. The lowest BCUT2D eigenvalue weighted by molar-refractivity contribution is -0.139. The molecule has 0 aliphatic carbocycles. The first-order valence-corrected chi connectivity index (χ1v) is 12.2. The Bertz CT molecular complexity index is 1440. The molecule has 3 rings (SSSR count). The van der Waals surface area contributed by atoms with Gasteiger partial charge in [0.05, 0.1) is 0 Å². The fourth-order valence-corrected chi connectivity index (χ4v) is 3.32. The molecule has 8 heteroatoms. The van der Waals surface area contributed by atoms with Gasteiger partial charge in [-0.25, -0.2) is 18.8 Å². The molecular weight excluding hydrogens is 515 g/mol. The fraction of sp³-hybridized carbons (Fsp3) is 0.156. The lowest BCUT2D eigenvalue weighted by atomic mass is 9.99. The van der Waals surface area contributed by atoms with E-state index in [0.717, 1.165) is 0 Å². The molecule has 0 aromatic heterocycles. The van der Waals surface area contributed by atoms with Gasteiger partial charge in [-0.05, 0) is 67.8 Å². The minimum absolute atomic E-state index is 0.0746. The molecule has 0 aliphatic heterocycles. The summed E-state index contributed by atoms with van der Waals surface area (Å²) >= 11 is 0. The van der Waals surface area contributed by atoms with Gasteiger partial charge in [-0.1, -0.05) is 44.0 Å². The van der Waals surface area contributed by atoms with Crippen molar-refractivity contribution in [3.8, 4) is 39.5 Å². The highest BCUT2D eigenvalue weighted by Crippen LogP contribution is 2.34. The Hall–Kier alpha value is -4.98. The van der Waals surface area contributed by atoms with Crippen molar-refractivity contribution >= 4 is 17.9 Å². The zero-order chi connectivity index (χ0) is 29.4. The summed E-state index contributed by atoms with van der Waals surface area (Å²) in [6, 6.07) is 15.9. The van der Waals surface area contributed by atoms with E-state index in [9.17, 15) is 14.4 Å². The van der Waals surface area contributed by atoms with Gasteiger partial charge in [0.1, 0.15) is 36.3 Å². The molecule has 0 saturated carbocycles. The third kappa shape index (κ3) is 8.01. The Labute approximate surface area is 232 Å². The van der Waals surface area contributed by atoms with Gasteiger partial charge in [-0.3, -0.25) is 0 Å². The molecule has 0 radical (unpaired) electrons. The minimum atomic E-state index is -0.656. The lowest BCUT2D eigenvalue weighted by Crippen LogP contribution is -2.12. The Kier molecular flexibility index (Phi) is 9.76. The van der Waals surface area contributed by atoms with Crippen molar-refractivity contribution < 1.29 is 37.7 Å². The van der Waals surface area contributed by atoms with Crippen molar-refractivity contribution in [1.29, 1.82) is 0 Å². The van der Waals surface area contributed by atoms with Gasteiger partial charge < -0.3 is 18.9 Å². The molecule has 0 unspecified atom stereocenters. The van der Waals surface area contributed by atoms with Crippen molar-refractivity contribution in [3.05, 3.63) is 103 Å². The van der Waals surface area contributed by atoms with Crippen molar-refractivity contribution in [2.45, 2.75) is 20.8 Å². The first-order valence-electron chi connectivity index (χ1n) is 12.2. The predicted octanol–water partition coefficient (Wildman–Crippen LogP) is 6.62. The molecule has 0 saturated heterocycles. The Morgan fingerprint density at radius 3 is 1.65 bits per heavy atom. The molecule has 0 bridgehead atoms. The average molecular weight is 545 g/mol. The second-order valence-corrected chi connectivity index (χ2v) is 9.02. The summed E-state index contributed by atoms with van der Waals surface area (Å²) in [5.74, 6) is -1.56. The van der Waals surface area contributed by atoms with Gasteiger partial charge >= 0.3 is 17.9 Å². The van der Waals surface area contributed by atoms with E-state index in [1.807, 2.05) is 0 Å². The summed E-state index contributed by atoms with van der Waals surface area (Å²) in [5, 5.41) is 0. The van der Waals surface area contributed by atoms with Gasteiger partial charge in [-0.15, -0.1) is 0 Å². The van der Waals surface area contributed by atoms with Gasteiger partial charge in [-0.2, -0.15) is 0 Å². The lowest BCUT2D eigenvalue weighted by Gasteiger charge is -2.12. The summed E-state index contributed by atoms with van der Waals surface area (Å²) < 4.78 is 36.5. The van der Waals surface area contributed by atoms with Gasteiger partial charge in [0.2, 0.25) is 0 Å². The zero-order valence-corrected chi connectivity index (χ0v) is 22.5. The monoisotopic (exact) mass is 544 g/mol. The van der Waals surface area contributed by atoms with Crippen LogP contribution in [0.5, 0.6) is 17.2 Å². The number of benzene rings is 3. The van der Waals surface area contributed by atoms with E-state index in [0.29, 0.717) is 33.6 Å². The van der Waals surface area contributed by atoms with Gasteiger partial charge in [0, 0.05) is 28.3 Å². The molecule has 0 N–H and O–H groups in total. The molecule has 206 valence electrons. The Morgan fingerprint density at radius 2 is 1.15 bits per heavy atom. The van der Waals surface area contributed by atoms with Crippen molar-refractivity contribution in [3.63, 3.8) is 0 Å². The number of rotatable bonds is 11. The van der Waals surface area contributed by atoms with E-state index in [1.165, 1.54) is 38.1 Å². The van der Waals surface area contributed by atoms with Gasteiger partial charge in [0.25, 0.3) is 0 Å². The summed E-state index contributed by atoms with van der Waals surface area (Å²) in [4.78, 5) is 35.6. The van der Waals surface area contributed by atoms with Crippen LogP contribution < -0.4 is 14.2 Å². The van der Waals surface area contributed by atoms with Crippen LogP contribution in [0.3, 0.4) is 0 Å². The fourth-order valence-electron chi connectivity index (χ4n) is 3.32. The van der Waals surface area contributed by atoms with Crippen LogP contribution in [0, 0.1) is 5.82 Å². The van der Waals surface area contributed by atoms with Crippen LogP contribution in [-0.2, 0) is 19.1 Å². The molecule has 0 aliphatic rings. The third-order valence-electron chi connectivity index (χ3n) is 5.40. The maximum atomic E-state index is 15.3. The zero-order valence-electron chi connectivity index (χ0n) is 22.5. The maximum absolute atomic E-state index is 15.3. The van der Waals surface area contributed by atoms with Crippen molar-refractivity contribution in [1.82, 2.24) is 0 Å². The van der Waals surface area contributed by atoms with E-state index < -0.39 is 23.7 Å². The van der Waals surface area contributed by atoms with Crippen LogP contribution in [0.1, 0.15) is 20.8 Å². The maximum Gasteiger partial charge on any atom is 0.338 e. The highest BCUT2D eigenvalue weighted by atomic mass is 19.1. The molecule has 0 spiro atoms. The first kappa shape index (κ1) is 29.6. The molecule has 3 aromatic rings. The highest BCUT2D eigenvalue weighted by Gasteiger charge is 2.15. The second-order valence-electron chi connectivity index (χ2n) is 9.02. The minimum Gasteiger partial charge on any atom is -0.490 e. The molecule has 7 nitrogen and oxygen atoms in total. The number of ether oxygens (including phenoxy) is 4. The van der Waals surface area contributed by atoms with E-state index >= 15 is 4.39 Å². The second kappa shape index (κ2) is 13.2. The summed E-state index contributed by atoms with van der Waals surface area (Å²) in [5.41, 5.74) is 2.56. The van der Waals surface area contributed by atoms with Crippen molar-refractivity contribution in [2.75, 3.05) is 13.2 Å². The summed E-state index contributed by atoms with van der Waals surface area (Å²) in [6.45, 7) is 15.4. The smallest absolute Gasteiger partial charge is 0.338 e. The summed E-state index contributed by atoms with van der Waals surface area (Å²) in [7, 11) is 0. The van der Waals surface area contributed by atoms with Crippen LogP contribution in [-0.4, -0.2) is 31.1 Å². The number of esters is 3. The Balaban J connectivity index is 1.81. The quantitative estimate of drug-likeness (QED) is 0.116. The number of carbonyl (C=O) groups is 3. The van der Waals surface area contributed by atoms with Crippen LogP contribution >= 0.6 is 0 Å². The van der Waals surface area contributed by atoms with E-state index in [-0.39, 0.29) is 35.9 Å².